The molecule has 2 rings (SSSR count). The van der Waals surface area contributed by atoms with E-state index in [0.29, 0.717) is 6.42 Å². The highest BCUT2D eigenvalue weighted by Crippen LogP contribution is 2.29. The van der Waals surface area contributed by atoms with Gasteiger partial charge in [0.25, 0.3) is 0 Å². The Morgan fingerprint density at radius 1 is 1.54 bits per heavy atom. The molecule has 0 amide bonds. The van der Waals surface area contributed by atoms with E-state index in [-0.39, 0.29) is 12.2 Å². The van der Waals surface area contributed by atoms with E-state index in [0.717, 1.165) is 10.4 Å². The molecule has 0 spiro atoms. The number of carboxylic acids is 1. The lowest BCUT2D eigenvalue weighted by Gasteiger charge is -2.16. The Morgan fingerprint density at radius 2 is 2.31 bits per heavy atom. The van der Waals surface area contributed by atoms with Crippen LogP contribution in [0.5, 0.6) is 0 Å². The van der Waals surface area contributed by atoms with Crippen LogP contribution in [0.2, 0.25) is 0 Å². The zero-order valence-electron chi connectivity index (χ0n) is 6.82. The lowest BCUT2D eigenvalue weighted by molar-refractivity contribution is -0.141. The van der Waals surface area contributed by atoms with E-state index in [2.05, 4.69) is 0 Å². The van der Waals surface area contributed by atoms with Gasteiger partial charge in [0.05, 0.1) is 5.92 Å². The van der Waals surface area contributed by atoms with Gasteiger partial charge in [-0.15, -0.1) is 11.3 Å². The Kier molecular flexibility index (Phi) is 1.92. The number of ketones is 1. The Hall–Kier alpha value is -1.16. The SMILES string of the molecule is O=C1C[C@H](C(=O)O)Cc2sccc21. The molecule has 1 atom stereocenters. The molecule has 1 aromatic rings. The molecule has 1 aliphatic carbocycles. The highest BCUT2D eigenvalue weighted by Gasteiger charge is 2.30. The second-order valence-electron chi connectivity index (χ2n) is 3.12. The molecule has 3 nitrogen and oxygen atoms in total. The normalized spacial score (nSPS) is 21.2. The van der Waals surface area contributed by atoms with E-state index in [1.54, 1.807) is 6.07 Å². The van der Waals surface area contributed by atoms with Crippen molar-refractivity contribution in [1.29, 1.82) is 0 Å². The maximum Gasteiger partial charge on any atom is 0.307 e. The van der Waals surface area contributed by atoms with Crippen LogP contribution in [0, 0.1) is 5.92 Å². The van der Waals surface area contributed by atoms with Crippen molar-refractivity contribution in [3.05, 3.63) is 21.9 Å². The van der Waals surface area contributed by atoms with Gasteiger partial charge in [0.15, 0.2) is 5.78 Å². The minimum Gasteiger partial charge on any atom is -0.481 e. The molecule has 1 aromatic heterocycles. The van der Waals surface area contributed by atoms with Crippen molar-refractivity contribution >= 4 is 23.1 Å². The third kappa shape index (κ3) is 1.37. The molecule has 0 aromatic carbocycles. The zero-order valence-corrected chi connectivity index (χ0v) is 7.63. The Balaban J connectivity index is 2.34. The lowest BCUT2D eigenvalue weighted by atomic mass is 9.88. The third-order valence-electron chi connectivity index (χ3n) is 2.26. The highest BCUT2D eigenvalue weighted by atomic mass is 32.1. The fraction of sp³-hybridized carbons (Fsp3) is 0.333. The van der Waals surface area contributed by atoms with Gasteiger partial charge in [-0.3, -0.25) is 9.59 Å². The summed E-state index contributed by atoms with van der Waals surface area (Å²) in [5, 5.41) is 10.6. The van der Waals surface area contributed by atoms with Gasteiger partial charge in [-0.25, -0.2) is 0 Å². The van der Waals surface area contributed by atoms with Crippen LogP contribution in [-0.2, 0) is 11.2 Å². The van der Waals surface area contributed by atoms with Gasteiger partial charge >= 0.3 is 5.97 Å². The van der Waals surface area contributed by atoms with Gasteiger partial charge in [-0.2, -0.15) is 0 Å². The monoisotopic (exact) mass is 196 g/mol. The summed E-state index contributed by atoms with van der Waals surface area (Å²) in [5.41, 5.74) is 0.725. The molecule has 1 heterocycles. The first-order chi connectivity index (χ1) is 6.18. The average molecular weight is 196 g/mol. The molecule has 0 radical (unpaired) electrons. The maximum atomic E-state index is 11.4. The van der Waals surface area contributed by atoms with Crippen molar-refractivity contribution in [2.24, 2.45) is 5.92 Å². The molecule has 0 unspecified atom stereocenters. The summed E-state index contributed by atoms with van der Waals surface area (Å²) in [4.78, 5) is 23.0. The van der Waals surface area contributed by atoms with Crippen LogP contribution in [-0.4, -0.2) is 16.9 Å². The molecule has 13 heavy (non-hydrogen) atoms. The van der Waals surface area contributed by atoms with Crippen LogP contribution in [0.1, 0.15) is 21.7 Å². The van der Waals surface area contributed by atoms with E-state index >= 15 is 0 Å². The highest BCUT2D eigenvalue weighted by molar-refractivity contribution is 7.10. The number of hydrogen-bond donors (Lipinski definition) is 1. The van der Waals surface area contributed by atoms with Crippen LogP contribution in [0.4, 0.5) is 0 Å². The van der Waals surface area contributed by atoms with Crippen molar-refractivity contribution < 1.29 is 14.7 Å². The fourth-order valence-corrected chi connectivity index (χ4v) is 2.53. The molecule has 0 fully saturated rings. The predicted molar refractivity (Wildman–Crippen MR) is 48.1 cm³/mol. The Morgan fingerprint density at radius 3 is 3.00 bits per heavy atom. The second-order valence-corrected chi connectivity index (χ2v) is 4.12. The minimum atomic E-state index is -0.868. The number of aliphatic carboxylic acids is 1. The van der Waals surface area contributed by atoms with Crippen molar-refractivity contribution in [3.63, 3.8) is 0 Å². The van der Waals surface area contributed by atoms with E-state index < -0.39 is 11.9 Å². The fourth-order valence-electron chi connectivity index (χ4n) is 1.55. The van der Waals surface area contributed by atoms with Crippen LogP contribution >= 0.6 is 11.3 Å². The molecule has 0 aliphatic heterocycles. The molecular weight excluding hydrogens is 188 g/mol. The van der Waals surface area contributed by atoms with Crippen LogP contribution in [0.3, 0.4) is 0 Å². The molecule has 4 heteroatoms. The second kappa shape index (κ2) is 2.96. The summed E-state index contributed by atoms with van der Waals surface area (Å²) in [5.74, 6) is -1.42. The van der Waals surface area contributed by atoms with E-state index in [1.165, 1.54) is 11.3 Å². The van der Waals surface area contributed by atoms with Crippen LogP contribution in [0.25, 0.3) is 0 Å². The van der Waals surface area contributed by atoms with Crippen molar-refractivity contribution in [2.45, 2.75) is 12.8 Å². The molecule has 0 saturated heterocycles. The lowest BCUT2D eigenvalue weighted by Crippen LogP contribution is -2.24. The third-order valence-corrected chi connectivity index (χ3v) is 3.20. The van der Waals surface area contributed by atoms with Gasteiger partial charge < -0.3 is 5.11 Å². The van der Waals surface area contributed by atoms with E-state index in [1.807, 2.05) is 5.38 Å². The number of carboxylic acid groups (broad SMARTS) is 1. The number of fused-ring (bicyclic) bond motifs is 1. The maximum absolute atomic E-state index is 11.4. The number of Topliss-reactive ketones (excluding diaryl/α,β-unsaturated/α-hetero) is 1. The van der Waals surface area contributed by atoms with Gasteiger partial charge in [-0.1, -0.05) is 0 Å². The smallest absolute Gasteiger partial charge is 0.307 e. The van der Waals surface area contributed by atoms with Crippen molar-refractivity contribution in [2.75, 3.05) is 0 Å². The number of thiophene rings is 1. The van der Waals surface area contributed by atoms with Crippen molar-refractivity contribution in [3.8, 4) is 0 Å². The molecule has 1 N–H and O–H groups in total. The number of carbonyl (C=O) groups excluding carboxylic acids is 1. The summed E-state index contributed by atoms with van der Waals surface area (Å²) < 4.78 is 0. The van der Waals surface area contributed by atoms with Gasteiger partial charge in [0.1, 0.15) is 0 Å². The van der Waals surface area contributed by atoms with Crippen LogP contribution in [0.15, 0.2) is 11.4 Å². The molecule has 1 aliphatic rings. The first-order valence-corrected chi connectivity index (χ1v) is 4.89. The number of rotatable bonds is 1. The quantitative estimate of drug-likeness (QED) is 0.741. The van der Waals surface area contributed by atoms with E-state index in [9.17, 15) is 9.59 Å². The van der Waals surface area contributed by atoms with Crippen molar-refractivity contribution in [1.82, 2.24) is 0 Å². The zero-order chi connectivity index (χ0) is 9.42. The van der Waals surface area contributed by atoms with Gasteiger partial charge in [0, 0.05) is 16.9 Å². The number of carbonyl (C=O) groups is 2. The molecule has 0 bridgehead atoms. The first-order valence-electron chi connectivity index (χ1n) is 4.01. The van der Waals surface area contributed by atoms with Crippen LogP contribution < -0.4 is 0 Å². The predicted octanol–water partition coefficient (Wildman–Crippen LogP) is 1.58. The molecule has 0 saturated carbocycles. The summed E-state index contributed by atoms with van der Waals surface area (Å²) in [6, 6.07) is 1.78. The average Bonchev–Trinajstić information content (AvgIpc) is 2.51. The summed E-state index contributed by atoms with van der Waals surface area (Å²) >= 11 is 1.47. The van der Waals surface area contributed by atoms with Gasteiger partial charge in [0.2, 0.25) is 0 Å². The summed E-state index contributed by atoms with van der Waals surface area (Å²) in [7, 11) is 0. The summed E-state index contributed by atoms with van der Waals surface area (Å²) in [6.45, 7) is 0. The Labute approximate surface area is 79.0 Å². The topological polar surface area (TPSA) is 54.4 Å². The van der Waals surface area contributed by atoms with E-state index in [4.69, 9.17) is 5.11 Å². The number of hydrogen-bond acceptors (Lipinski definition) is 3. The molecule has 68 valence electrons. The molecular formula is C9H8O3S. The first kappa shape index (κ1) is 8.44. The largest absolute Gasteiger partial charge is 0.481 e. The summed E-state index contributed by atoms with van der Waals surface area (Å²) in [6.07, 6.45) is 0.660. The Bertz CT molecular complexity index is 367. The standard InChI is InChI=1S/C9H8O3S/c10-7-3-5(9(11)12)4-8-6(7)1-2-13-8/h1-2,5H,3-4H2,(H,11,12)/t5-/m0/s1. The van der Waals surface area contributed by atoms with Gasteiger partial charge in [-0.05, 0) is 17.9 Å². The minimum absolute atomic E-state index is 0.0325.